The number of benzene rings is 2. The Morgan fingerprint density at radius 3 is 2.72 bits per heavy atom. The first-order valence-electron chi connectivity index (χ1n) is 7.96. The number of nitrogens with zero attached hydrogens (tertiary/aromatic N) is 4. The minimum absolute atomic E-state index is 0.336. The molecule has 2 aromatic heterocycles. The van der Waals surface area contributed by atoms with Crippen molar-refractivity contribution in [2.24, 2.45) is 0 Å². The van der Waals surface area contributed by atoms with Crippen LogP contribution >= 0.6 is 11.3 Å². The van der Waals surface area contributed by atoms with Gasteiger partial charge < -0.3 is 9.47 Å². The van der Waals surface area contributed by atoms with Gasteiger partial charge in [-0.3, -0.25) is 0 Å². The standard InChI is InChI=1S/C18H14N4O2S/c1-11-6-2-3-7-12(11)17-21-22-16(19-20-18(22)25-17)15-10-23-13-8-4-5-9-14(13)24-15/h2-9,15H,10H2,1H3. The van der Waals surface area contributed by atoms with Gasteiger partial charge in [0.1, 0.15) is 11.6 Å². The van der Waals surface area contributed by atoms with Crippen molar-refractivity contribution in [3.8, 4) is 22.1 Å². The van der Waals surface area contributed by atoms with Crippen molar-refractivity contribution in [1.82, 2.24) is 19.8 Å². The van der Waals surface area contributed by atoms with Crippen LogP contribution in [-0.2, 0) is 0 Å². The van der Waals surface area contributed by atoms with E-state index in [1.807, 2.05) is 36.4 Å². The molecule has 1 aliphatic rings. The predicted molar refractivity (Wildman–Crippen MR) is 94.1 cm³/mol. The highest BCUT2D eigenvalue weighted by Crippen LogP contribution is 2.36. The molecule has 3 heterocycles. The van der Waals surface area contributed by atoms with Crippen LogP contribution in [0.3, 0.4) is 0 Å². The first-order valence-corrected chi connectivity index (χ1v) is 8.78. The number of fused-ring (bicyclic) bond motifs is 2. The van der Waals surface area contributed by atoms with Crippen LogP contribution in [0.4, 0.5) is 0 Å². The monoisotopic (exact) mass is 350 g/mol. The van der Waals surface area contributed by atoms with Crippen LogP contribution in [0, 0.1) is 6.92 Å². The first-order chi connectivity index (χ1) is 12.3. The summed E-state index contributed by atoms with van der Waals surface area (Å²) >= 11 is 1.52. The lowest BCUT2D eigenvalue weighted by Gasteiger charge is -2.24. The van der Waals surface area contributed by atoms with E-state index in [-0.39, 0.29) is 6.10 Å². The molecule has 1 atom stereocenters. The van der Waals surface area contributed by atoms with E-state index >= 15 is 0 Å². The van der Waals surface area contributed by atoms with E-state index in [9.17, 15) is 0 Å². The lowest BCUT2D eigenvalue weighted by atomic mass is 10.1. The van der Waals surface area contributed by atoms with E-state index in [1.54, 1.807) is 4.52 Å². The lowest BCUT2D eigenvalue weighted by molar-refractivity contribution is 0.0836. The summed E-state index contributed by atoms with van der Waals surface area (Å²) < 4.78 is 13.6. The minimum atomic E-state index is -0.336. The van der Waals surface area contributed by atoms with Gasteiger partial charge in [0.05, 0.1) is 0 Å². The van der Waals surface area contributed by atoms with Gasteiger partial charge in [0.2, 0.25) is 4.96 Å². The Labute approximate surface area is 147 Å². The third-order valence-electron chi connectivity index (χ3n) is 4.19. The third kappa shape index (κ3) is 2.35. The van der Waals surface area contributed by atoms with E-state index in [4.69, 9.17) is 14.6 Å². The van der Waals surface area contributed by atoms with E-state index in [0.717, 1.165) is 21.3 Å². The van der Waals surface area contributed by atoms with E-state index in [1.165, 1.54) is 16.9 Å². The Morgan fingerprint density at radius 1 is 1.04 bits per heavy atom. The highest BCUT2D eigenvalue weighted by molar-refractivity contribution is 7.19. The van der Waals surface area contributed by atoms with Crippen molar-refractivity contribution in [1.29, 1.82) is 0 Å². The van der Waals surface area contributed by atoms with Crippen molar-refractivity contribution in [3.63, 3.8) is 0 Å². The molecule has 0 amide bonds. The highest BCUT2D eigenvalue weighted by atomic mass is 32.1. The Hall–Kier alpha value is -2.93. The van der Waals surface area contributed by atoms with Crippen LogP contribution in [0.5, 0.6) is 11.5 Å². The summed E-state index contributed by atoms with van der Waals surface area (Å²) in [5, 5.41) is 14.2. The van der Waals surface area contributed by atoms with Crippen LogP contribution in [0.15, 0.2) is 48.5 Å². The van der Waals surface area contributed by atoms with Crippen molar-refractivity contribution in [2.45, 2.75) is 13.0 Å². The lowest BCUT2D eigenvalue weighted by Crippen LogP contribution is -2.23. The van der Waals surface area contributed by atoms with Crippen molar-refractivity contribution >= 4 is 16.3 Å². The molecule has 2 aromatic carbocycles. The fraction of sp³-hybridized carbons (Fsp3) is 0.167. The zero-order valence-corrected chi connectivity index (χ0v) is 14.2. The summed E-state index contributed by atoms with van der Waals surface area (Å²) in [5.41, 5.74) is 2.29. The summed E-state index contributed by atoms with van der Waals surface area (Å²) in [4.78, 5) is 0.746. The molecule has 0 radical (unpaired) electrons. The van der Waals surface area contributed by atoms with Gasteiger partial charge in [-0.25, -0.2) is 0 Å². The first kappa shape index (κ1) is 14.4. The average molecular weight is 350 g/mol. The summed E-state index contributed by atoms with van der Waals surface area (Å²) in [5.74, 6) is 2.11. The van der Waals surface area contributed by atoms with E-state index in [2.05, 4.69) is 29.3 Å². The van der Waals surface area contributed by atoms with Crippen LogP contribution < -0.4 is 9.47 Å². The number of hydrogen-bond acceptors (Lipinski definition) is 6. The number of aromatic nitrogens is 4. The Kier molecular flexibility index (Phi) is 3.21. The maximum absolute atomic E-state index is 6.04. The Bertz CT molecular complexity index is 1070. The number of ether oxygens (including phenoxy) is 2. The molecule has 0 aliphatic carbocycles. The van der Waals surface area contributed by atoms with E-state index in [0.29, 0.717) is 18.2 Å². The second kappa shape index (κ2) is 5.56. The Morgan fingerprint density at radius 2 is 1.84 bits per heavy atom. The topological polar surface area (TPSA) is 61.5 Å². The fourth-order valence-electron chi connectivity index (χ4n) is 2.90. The van der Waals surface area contributed by atoms with Crippen LogP contribution in [0.25, 0.3) is 15.5 Å². The van der Waals surface area contributed by atoms with Crippen LogP contribution in [-0.4, -0.2) is 26.4 Å². The van der Waals surface area contributed by atoms with Crippen molar-refractivity contribution in [2.75, 3.05) is 6.61 Å². The molecule has 0 saturated carbocycles. The quantitative estimate of drug-likeness (QED) is 0.552. The smallest absolute Gasteiger partial charge is 0.235 e. The summed E-state index contributed by atoms with van der Waals surface area (Å²) in [6, 6.07) is 15.8. The highest BCUT2D eigenvalue weighted by Gasteiger charge is 2.28. The van der Waals surface area contributed by atoms with Gasteiger partial charge in [-0.15, -0.1) is 10.2 Å². The molecule has 25 heavy (non-hydrogen) atoms. The second-order valence-corrected chi connectivity index (χ2v) is 6.79. The maximum atomic E-state index is 6.04. The van der Waals surface area contributed by atoms with Crippen LogP contribution in [0.1, 0.15) is 17.5 Å². The molecular formula is C18H14N4O2S. The maximum Gasteiger partial charge on any atom is 0.235 e. The summed E-state index contributed by atoms with van der Waals surface area (Å²) in [6.07, 6.45) is -0.336. The molecule has 6 nitrogen and oxygen atoms in total. The van der Waals surface area contributed by atoms with Crippen molar-refractivity contribution < 1.29 is 9.47 Å². The molecule has 7 heteroatoms. The number of rotatable bonds is 2. The summed E-state index contributed by atoms with van der Waals surface area (Å²) in [6.45, 7) is 2.46. The van der Waals surface area contributed by atoms with Gasteiger partial charge in [-0.05, 0) is 24.6 Å². The van der Waals surface area contributed by atoms with Crippen LogP contribution in [0.2, 0.25) is 0 Å². The summed E-state index contributed by atoms with van der Waals surface area (Å²) in [7, 11) is 0. The third-order valence-corrected chi connectivity index (χ3v) is 5.12. The van der Waals surface area contributed by atoms with Gasteiger partial charge in [0, 0.05) is 5.56 Å². The number of para-hydroxylation sites is 2. The molecule has 1 unspecified atom stereocenters. The molecule has 0 bridgehead atoms. The minimum Gasteiger partial charge on any atom is -0.485 e. The normalized spacial score (nSPS) is 16.3. The number of hydrogen-bond donors (Lipinski definition) is 0. The second-order valence-electron chi connectivity index (χ2n) is 5.84. The largest absolute Gasteiger partial charge is 0.485 e. The Balaban J connectivity index is 1.54. The van der Waals surface area contributed by atoms with Gasteiger partial charge >= 0.3 is 0 Å². The molecule has 124 valence electrons. The fourth-order valence-corrected chi connectivity index (χ4v) is 3.84. The van der Waals surface area contributed by atoms with Gasteiger partial charge in [-0.2, -0.15) is 9.61 Å². The molecule has 0 saturated heterocycles. The molecule has 0 spiro atoms. The van der Waals surface area contributed by atoms with Gasteiger partial charge in [0.25, 0.3) is 0 Å². The number of aryl methyl sites for hydroxylation is 1. The molecule has 0 N–H and O–H groups in total. The molecule has 0 fully saturated rings. The molecule has 5 rings (SSSR count). The van der Waals surface area contributed by atoms with Crippen molar-refractivity contribution in [3.05, 3.63) is 59.9 Å². The van der Waals surface area contributed by atoms with Gasteiger partial charge in [-0.1, -0.05) is 47.7 Å². The average Bonchev–Trinajstić information content (AvgIpc) is 3.22. The zero-order valence-electron chi connectivity index (χ0n) is 13.4. The molecule has 1 aliphatic heterocycles. The van der Waals surface area contributed by atoms with E-state index < -0.39 is 0 Å². The van der Waals surface area contributed by atoms with Gasteiger partial charge in [0.15, 0.2) is 23.4 Å². The SMILES string of the molecule is Cc1ccccc1-c1nn2c(C3COc4ccccc4O3)nnc2s1. The zero-order chi connectivity index (χ0) is 16.8. The molecular weight excluding hydrogens is 336 g/mol. The predicted octanol–water partition coefficient (Wildman–Crippen LogP) is 3.67. The molecule has 4 aromatic rings.